The highest BCUT2D eigenvalue weighted by molar-refractivity contribution is 7.93. The molecule has 0 fully saturated rings. The van der Waals surface area contributed by atoms with Crippen LogP contribution >= 0.6 is 0 Å². The summed E-state index contributed by atoms with van der Waals surface area (Å²) in [6, 6.07) is 17.9. The molecule has 160 valence electrons. The average Bonchev–Trinajstić information content (AvgIpc) is 2.77. The second-order valence-corrected chi connectivity index (χ2v) is 9.38. The van der Waals surface area contributed by atoms with Gasteiger partial charge in [-0.25, -0.2) is 12.8 Å². The van der Waals surface area contributed by atoms with Gasteiger partial charge in [0.2, 0.25) is 5.91 Å². The van der Waals surface area contributed by atoms with Crippen molar-refractivity contribution in [3.05, 3.63) is 83.7 Å². The van der Waals surface area contributed by atoms with Crippen LogP contribution in [0, 0.1) is 5.82 Å². The van der Waals surface area contributed by atoms with E-state index in [4.69, 9.17) is 0 Å². The van der Waals surface area contributed by atoms with Crippen LogP contribution in [0.1, 0.15) is 31.0 Å². The fourth-order valence-electron chi connectivity index (χ4n) is 3.82. The SMILES string of the molecule is CCc1ccc2c(c1)-c1ccccc1S(=O)(=O)N2CC(=O)N[C@H](C)c1ccc(F)cc1. The summed E-state index contributed by atoms with van der Waals surface area (Å²) in [5, 5.41) is 2.81. The smallest absolute Gasteiger partial charge is 0.265 e. The zero-order valence-electron chi connectivity index (χ0n) is 17.3. The highest BCUT2D eigenvalue weighted by Gasteiger charge is 2.36. The molecular formula is C24H23FN2O3S. The first-order chi connectivity index (χ1) is 14.8. The number of hydrogen-bond donors (Lipinski definition) is 1. The molecule has 31 heavy (non-hydrogen) atoms. The van der Waals surface area contributed by atoms with E-state index in [0.717, 1.165) is 27.4 Å². The van der Waals surface area contributed by atoms with E-state index in [0.29, 0.717) is 11.3 Å². The Labute approximate surface area is 181 Å². The number of carbonyl (C=O) groups excluding carboxylic acids is 1. The maximum Gasteiger partial charge on any atom is 0.265 e. The monoisotopic (exact) mass is 438 g/mol. The first kappa shape index (κ1) is 21.1. The maximum absolute atomic E-state index is 13.4. The van der Waals surface area contributed by atoms with Gasteiger partial charge in [-0.15, -0.1) is 0 Å². The minimum atomic E-state index is -3.89. The number of aryl methyl sites for hydroxylation is 1. The summed E-state index contributed by atoms with van der Waals surface area (Å²) >= 11 is 0. The van der Waals surface area contributed by atoms with Crippen LogP contribution in [0.5, 0.6) is 0 Å². The van der Waals surface area contributed by atoms with Crippen molar-refractivity contribution in [3.63, 3.8) is 0 Å². The number of carbonyl (C=O) groups is 1. The fourth-order valence-corrected chi connectivity index (χ4v) is 5.47. The molecule has 1 N–H and O–H groups in total. The first-order valence-electron chi connectivity index (χ1n) is 10.1. The predicted molar refractivity (Wildman–Crippen MR) is 119 cm³/mol. The second-order valence-electron chi connectivity index (χ2n) is 7.55. The fraction of sp³-hybridized carbons (Fsp3) is 0.208. The highest BCUT2D eigenvalue weighted by Crippen LogP contribution is 2.43. The van der Waals surface area contributed by atoms with Gasteiger partial charge in [0.05, 0.1) is 16.6 Å². The quantitative estimate of drug-likeness (QED) is 0.640. The molecule has 4 rings (SSSR count). The van der Waals surface area contributed by atoms with Crippen molar-refractivity contribution in [1.82, 2.24) is 5.32 Å². The largest absolute Gasteiger partial charge is 0.348 e. The number of halogens is 1. The van der Waals surface area contributed by atoms with Gasteiger partial charge in [-0.2, -0.15) is 0 Å². The van der Waals surface area contributed by atoms with E-state index in [2.05, 4.69) is 5.32 Å². The summed E-state index contributed by atoms with van der Waals surface area (Å²) in [4.78, 5) is 13.0. The van der Waals surface area contributed by atoms with E-state index in [-0.39, 0.29) is 17.3 Å². The molecule has 5 nitrogen and oxygen atoms in total. The number of nitrogens with zero attached hydrogens (tertiary/aromatic N) is 1. The molecule has 1 heterocycles. The Morgan fingerprint density at radius 1 is 1.03 bits per heavy atom. The number of anilines is 1. The van der Waals surface area contributed by atoms with Gasteiger partial charge in [0.25, 0.3) is 10.0 Å². The normalized spacial score (nSPS) is 15.0. The molecule has 0 aliphatic carbocycles. The molecule has 3 aromatic rings. The van der Waals surface area contributed by atoms with Crippen molar-refractivity contribution < 1.29 is 17.6 Å². The second kappa shape index (κ2) is 8.15. The van der Waals surface area contributed by atoms with Crippen molar-refractivity contribution in [2.45, 2.75) is 31.2 Å². The molecule has 3 aromatic carbocycles. The van der Waals surface area contributed by atoms with E-state index in [1.54, 1.807) is 43.3 Å². The molecule has 1 atom stereocenters. The summed E-state index contributed by atoms with van der Waals surface area (Å²) in [7, 11) is -3.89. The highest BCUT2D eigenvalue weighted by atomic mass is 32.2. The molecule has 0 saturated heterocycles. The number of benzene rings is 3. The van der Waals surface area contributed by atoms with Gasteiger partial charge in [0.1, 0.15) is 12.4 Å². The molecule has 1 aliphatic rings. The summed E-state index contributed by atoms with van der Waals surface area (Å²) < 4.78 is 41.0. The average molecular weight is 439 g/mol. The zero-order chi connectivity index (χ0) is 22.2. The van der Waals surface area contributed by atoms with Crippen molar-refractivity contribution >= 4 is 21.6 Å². The van der Waals surface area contributed by atoms with Crippen LogP contribution in [0.25, 0.3) is 11.1 Å². The van der Waals surface area contributed by atoms with Gasteiger partial charge in [0, 0.05) is 11.1 Å². The molecule has 0 bridgehead atoms. The number of rotatable bonds is 5. The van der Waals surface area contributed by atoms with Gasteiger partial charge in [-0.05, 0) is 54.8 Å². The van der Waals surface area contributed by atoms with Crippen LogP contribution in [0.15, 0.2) is 71.6 Å². The van der Waals surface area contributed by atoms with Gasteiger partial charge in [-0.1, -0.05) is 43.3 Å². The molecular weight excluding hydrogens is 415 g/mol. The van der Waals surface area contributed by atoms with Crippen LogP contribution < -0.4 is 9.62 Å². The Hall–Kier alpha value is -3.19. The Balaban J connectivity index is 1.66. The first-order valence-corrected chi connectivity index (χ1v) is 11.5. The van der Waals surface area contributed by atoms with E-state index in [1.165, 1.54) is 12.1 Å². The zero-order valence-corrected chi connectivity index (χ0v) is 18.1. The van der Waals surface area contributed by atoms with Gasteiger partial charge in [0.15, 0.2) is 0 Å². The van der Waals surface area contributed by atoms with Gasteiger partial charge in [-0.3, -0.25) is 9.10 Å². The molecule has 0 spiro atoms. The summed E-state index contributed by atoms with van der Waals surface area (Å²) in [5.74, 6) is -0.797. The lowest BCUT2D eigenvalue weighted by molar-refractivity contribution is -0.120. The number of hydrogen-bond acceptors (Lipinski definition) is 3. The molecule has 0 radical (unpaired) electrons. The Morgan fingerprint density at radius 2 is 1.74 bits per heavy atom. The lowest BCUT2D eigenvalue weighted by Crippen LogP contribution is -2.43. The van der Waals surface area contributed by atoms with Gasteiger partial charge < -0.3 is 5.32 Å². The third-order valence-electron chi connectivity index (χ3n) is 5.52. The minimum absolute atomic E-state index is 0.190. The van der Waals surface area contributed by atoms with Crippen molar-refractivity contribution in [1.29, 1.82) is 0 Å². The summed E-state index contributed by atoms with van der Waals surface area (Å²) in [5.41, 5.74) is 3.74. The van der Waals surface area contributed by atoms with Crippen LogP contribution in [0.4, 0.5) is 10.1 Å². The number of fused-ring (bicyclic) bond motifs is 3. The van der Waals surface area contributed by atoms with E-state index >= 15 is 0 Å². The van der Waals surface area contributed by atoms with Crippen molar-refractivity contribution in [3.8, 4) is 11.1 Å². The molecule has 1 aliphatic heterocycles. The van der Waals surface area contributed by atoms with Crippen LogP contribution in [0.3, 0.4) is 0 Å². The third kappa shape index (κ3) is 3.93. The molecule has 7 heteroatoms. The van der Waals surface area contributed by atoms with Crippen molar-refractivity contribution in [2.24, 2.45) is 0 Å². The number of amides is 1. The van der Waals surface area contributed by atoms with Crippen LogP contribution in [-0.4, -0.2) is 20.9 Å². The van der Waals surface area contributed by atoms with E-state index in [1.807, 2.05) is 25.1 Å². The third-order valence-corrected chi connectivity index (χ3v) is 7.34. The Bertz CT molecular complexity index is 1240. The lowest BCUT2D eigenvalue weighted by Gasteiger charge is -2.32. The maximum atomic E-state index is 13.4. The predicted octanol–water partition coefficient (Wildman–Crippen LogP) is 4.44. The lowest BCUT2D eigenvalue weighted by atomic mass is 9.99. The molecule has 0 unspecified atom stereocenters. The van der Waals surface area contributed by atoms with E-state index in [9.17, 15) is 17.6 Å². The minimum Gasteiger partial charge on any atom is -0.348 e. The van der Waals surface area contributed by atoms with Crippen LogP contribution in [-0.2, 0) is 21.2 Å². The topological polar surface area (TPSA) is 66.5 Å². The summed E-state index contributed by atoms with van der Waals surface area (Å²) in [6.07, 6.45) is 0.817. The van der Waals surface area contributed by atoms with E-state index < -0.39 is 22.0 Å². The number of sulfonamides is 1. The molecule has 1 amide bonds. The molecule has 0 aromatic heterocycles. The number of nitrogens with one attached hydrogen (secondary N) is 1. The Morgan fingerprint density at radius 3 is 2.45 bits per heavy atom. The van der Waals surface area contributed by atoms with Crippen molar-refractivity contribution in [2.75, 3.05) is 10.8 Å². The molecule has 0 saturated carbocycles. The van der Waals surface area contributed by atoms with Gasteiger partial charge >= 0.3 is 0 Å². The van der Waals surface area contributed by atoms with Crippen LogP contribution in [0.2, 0.25) is 0 Å². The Kier molecular flexibility index (Phi) is 5.54. The standard InChI is InChI=1S/C24H23FN2O3S/c1-3-17-8-13-22-21(14-17)20-6-4-5-7-23(20)31(29,30)27(22)15-24(28)26-16(2)18-9-11-19(25)12-10-18/h4-14,16H,3,15H2,1-2H3,(H,26,28)/t16-/m1/s1. The summed E-state index contributed by atoms with van der Waals surface area (Å²) in [6.45, 7) is 3.46.